The van der Waals surface area contributed by atoms with E-state index >= 15 is 0 Å². The van der Waals surface area contributed by atoms with Crippen LogP contribution in [0.2, 0.25) is 0 Å². The number of halogens is 2. The minimum absolute atomic E-state index is 0.0248. The van der Waals surface area contributed by atoms with Gasteiger partial charge in [-0.1, -0.05) is 42.5 Å². The Kier molecular flexibility index (Phi) is 5.24. The summed E-state index contributed by atoms with van der Waals surface area (Å²) < 4.78 is 28.5. The molecule has 1 aliphatic rings. The van der Waals surface area contributed by atoms with E-state index in [1.807, 2.05) is 6.92 Å². The molecule has 1 heterocycles. The van der Waals surface area contributed by atoms with Crippen LogP contribution >= 0.6 is 12.2 Å². The lowest BCUT2D eigenvalue weighted by atomic mass is 10.1. The third kappa shape index (κ3) is 4.18. The Hall–Kier alpha value is -1.11. The van der Waals surface area contributed by atoms with Crippen molar-refractivity contribution in [1.82, 2.24) is 9.80 Å². The van der Waals surface area contributed by atoms with Gasteiger partial charge in [-0.05, 0) is 6.92 Å². The number of rotatable bonds is 5. The van der Waals surface area contributed by atoms with Crippen LogP contribution in [0, 0.1) is 0 Å². The molecule has 0 amide bonds. The first-order valence-electron chi connectivity index (χ1n) is 7.09. The van der Waals surface area contributed by atoms with Gasteiger partial charge in [-0.2, -0.15) is 8.78 Å². The van der Waals surface area contributed by atoms with Crippen molar-refractivity contribution < 1.29 is 8.78 Å². The average Bonchev–Trinajstić information content (AvgIpc) is 2.48. The fraction of sp³-hybridized carbons (Fsp3) is 0.533. The highest BCUT2D eigenvalue weighted by atomic mass is 32.1. The van der Waals surface area contributed by atoms with E-state index in [9.17, 15) is 8.78 Å². The molecule has 21 heavy (non-hydrogen) atoms. The van der Waals surface area contributed by atoms with Gasteiger partial charge in [0.25, 0.3) is 5.92 Å². The molecule has 0 radical (unpaired) electrons. The van der Waals surface area contributed by atoms with Gasteiger partial charge >= 0.3 is 0 Å². The van der Waals surface area contributed by atoms with E-state index in [0.29, 0.717) is 31.2 Å². The van der Waals surface area contributed by atoms with Crippen LogP contribution in [0.5, 0.6) is 0 Å². The van der Waals surface area contributed by atoms with Gasteiger partial charge in [0.2, 0.25) is 0 Å². The van der Waals surface area contributed by atoms with Crippen LogP contribution in [-0.2, 0) is 5.92 Å². The smallest absolute Gasteiger partial charge is 0.285 e. The van der Waals surface area contributed by atoms with Crippen LogP contribution in [0.4, 0.5) is 8.78 Å². The topological polar surface area (TPSA) is 32.5 Å². The molecule has 1 fully saturated rings. The molecular formula is C15H21F2N3S. The molecule has 0 spiro atoms. The number of benzene rings is 1. The Balaban J connectivity index is 1.90. The molecular weight excluding hydrogens is 292 g/mol. The summed E-state index contributed by atoms with van der Waals surface area (Å²) in [6.45, 7) is 4.35. The molecule has 1 aliphatic heterocycles. The van der Waals surface area contributed by atoms with Gasteiger partial charge in [0, 0.05) is 31.7 Å². The Labute approximate surface area is 129 Å². The van der Waals surface area contributed by atoms with E-state index in [2.05, 4.69) is 4.90 Å². The summed E-state index contributed by atoms with van der Waals surface area (Å²) in [6, 6.07) is 8.01. The minimum atomic E-state index is -2.82. The zero-order valence-electron chi connectivity index (χ0n) is 12.1. The second-order valence-electron chi connectivity index (χ2n) is 5.46. The Morgan fingerprint density at radius 1 is 1.24 bits per heavy atom. The van der Waals surface area contributed by atoms with Gasteiger partial charge < -0.3 is 5.73 Å². The zero-order valence-corrected chi connectivity index (χ0v) is 13.0. The molecule has 0 bridgehead atoms. The highest BCUT2D eigenvalue weighted by Gasteiger charge is 2.35. The molecule has 0 saturated carbocycles. The third-order valence-corrected chi connectivity index (χ3v) is 4.33. The fourth-order valence-electron chi connectivity index (χ4n) is 2.54. The van der Waals surface area contributed by atoms with Crippen LogP contribution in [-0.4, -0.2) is 53.6 Å². The molecule has 1 atom stereocenters. The fourth-order valence-corrected chi connectivity index (χ4v) is 2.69. The maximum atomic E-state index is 14.2. The van der Waals surface area contributed by atoms with Crippen molar-refractivity contribution in [2.45, 2.75) is 18.9 Å². The molecule has 2 N–H and O–H groups in total. The number of nitrogens with zero attached hydrogens (tertiary/aromatic N) is 2. The summed E-state index contributed by atoms with van der Waals surface area (Å²) in [6.07, 6.45) is 0. The molecule has 3 nitrogen and oxygen atoms in total. The SMILES string of the molecule is CC(C(N)=S)N1CCN(CC(F)(F)c2ccccc2)CC1. The van der Waals surface area contributed by atoms with Crippen molar-refractivity contribution in [3.63, 3.8) is 0 Å². The zero-order chi connectivity index (χ0) is 15.5. The lowest BCUT2D eigenvalue weighted by molar-refractivity contribution is -0.0479. The first-order chi connectivity index (χ1) is 9.90. The normalized spacial score (nSPS) is 19.4. The van der Waals surface area contributed by atoms with Crippen molar-refractivity contribution in [2.75, 3.05) is 32.7 Å². The second kappa shape index (κ2) is 6.77. The van der Waals surface area contributed by atoms with E-state index in [-0.39, 0.29) is 18.2 Å². The first-order valence-corrected chi connectivity index (χ1v) is 7.50. The van der Waals surface area contributed by atoms with Gasteiger partial charge in [-0.3, -0.25) is 9.80 Å². The summed E-state index contributed by atoms with van der Waals surface area (Å²) in [4.78, 5) is 4.40. The van der Waals surface area contributed by atoms with E-state index in [4.69, 9.17) is 18.0 Å². The maximum absolute atomic E-state index is 14.2. The summed E-state index contributed by atoms with van der Waals surface area (Å²) in [5, 5.41) is 0. The lowest BCUT2D eigenvalue weighted by Gasteiger charge is -2.38. The highest BCUT2D eigenvalue weighted by Crippen LogP contribution is 2.29. The number of thiocarbonyl (C=S) groups is 1. The second-order valence-corrected chi connectivity index (χ2v) is 5.93. The summed E-state index contributed by atoms with van der Waals surface area (Å²) >= 11 is 4.98. The molecule has 0 aromatic heterocycles. The van der Waals surface area contributed by atoms with Crippen LogP contribution < -0.4 is 5.73 Å². The van der Waals surface area contributed by atoms with Gasteiger partial charge in [0.05, 0.1) is 17.6 Å². The monoisotopic (exact) mass is 313 g/mol. The number of hydrogen-bond donors (Lipinski definition) is 1. The predicted molar refractivity (Wildman–Crippen MR) is 84.6 cm³/mol. The van der Waals surface area contributed by atoms with E-state index in [1.54, 1.807) is 23.1 Å². The number of hydrogen-bond acceptors (Lipinski definition) is 3. The number of nitrogens with two attached hydrogens (primary N) is 1. The Morgan fingerprint density at radius 2 is 1.81 bits per heavy atom. The molecule has 6 heteroatoms. The van der Waals surface area contributed by atoms with E-state index < -0.39 is 5.92 Å². The Morgan fingerprint density at radius 3 is 2.33 bits per heavy atom. The van der Waals surface area contributed by atoms with Gasteiger partial charge in [-0.25, -0.2) is 0 Å². The third-order valence-electron chi connectivity index (χ3n) is 3.98. The molecule has 1 aromatic carbocycles. The van der Waals surface area contributed by atoms with E-state index in [1.165, 1.54) is 12.1 Å². The van der Waals surface area contributed by atoms with Crippen molar-refractivity contribution >= 4 is 17.2 Å². The number of alkyl halides is 2. The maximum Gasteiger partial charge on any atom is 0.285 e. The van der Waals surface area contributed by atoms with Gasteiger partial charge in [-0.15, -0.1) is 0 Å². The van der Waals surface area contributed by atoms with Gasteiger partial charge in [0.1, 0.15) is 0 Å². The average molecular weight is 313 g/mol. The van der Waals surface area contributed by atoms with E-state index in [0.717, 1.165) is 0 Å². The summed E-state index contributed by atoms with van der Waals surface area (Å²) in [5.41, 5.74) is 5.71. The van der Waals surface area contributed by atoms with Crippen molar-refractivity contribution in [3.8, 4) is 0 Å². The molecule has 116 valence electrons. The predicted octanol–water partition coefficient (Wildman–Crippen LogP) is 2.07. The first kappa shape index (κ1) is 16.3. The van der Waals surface area contributed by atoms with Crippen molar-refractivity contribution in [1.29, 1.82) is 0 Å². The highest BCUT2D eigenvalue weighted by molar-refractivity contribution is 7.80. The number of piperazine rings is 1. The minimum Gasteiger partial charge on any atom is -0.392 e. The molecule has 1 saturated heterocycles. The quantitative estimate of drug-likeness (QED) is 0.844. The van der Waals surface area contributed by atoms with Crippen LogP contribution in [0.1, 0.15) is 12.5 Å². The Bertz CT molecular complexity index is 473. The standard InChI is InChI=1S/C15H21F2N3S/c1-12(14(18)21)20-9-7-19(8-10-20)11-15(16,17)13-5-3-2-4-6-13/h2-6,12H,7-11H2,1H3,(H2,18,21). The van der Waals surface area contributed by atoms with Crippen LogP contribution in [0.3, 0.4) is 0 Å². The molecule has 1 unspecified atom stereocenters. The largest absolute Gasteiger partial charge is 0.392 e. The lowest BCUT2D eigenvalue weighted by Crippen LogP contribution is -2.54. The van der Waals surface area contributed by atoms with Crippen LogP contribution in [0.15, 0.2) is 30.3 Å². The molecule has 2 rings (SSSR count). The van der Waals surface area contributed by atoms with Gasteiger partial charge in [0.15, 0.2) is 0 Å². The molecule has 1 aromatic rings. The summed E-state index contributed by atoms with van der Waals surface area (Å²) in [5.74, 6) is -2.82. The molecule has 0 aliphatic carbocycles. The summed E-state index contributed by atoms with van der Waals surface area (Å²) in [7, 11) is 0. The van der Waals surface area contributed by atoms with Crippen molar-refractivity contribution in [2.24, 2.45) is 5.73 Å². The van der Waals surface area contributed by atoms with Crippen molar-refractivity contribution in [3.05, 3.63) is 35.9 Å². The van der Waals surface area contributed by atoms with Crippen LogP contribution in [0.25, 0.3) is 0 Å².